The molecular formula is C10H14N2O3. The maximum Gasteiger partial charge on any atom is 0.252 e. The Balaban J connectivity index is 2.62. The molecule has 0 radical (unpaired) electrons. The number of amides is 3. The van der Waals surface area contributed by atoms with Crippen molar-refractivity contribution in [2.75, 3.05) is 7.05 Å². The second-order valence-corrected chi connectivity index (χ2v) is 3.78. The fourth-order valence-corrected chi connectivity index (χ4v) is 1.34. The normalized spacial score (nSPS) is 20.5. The number of hydrogen-bond donors (Lipinski definition) is 1. The van der Waals surface area contributed by atoms with E-state index in [2.05, 4.69) is 5.32 Å². The summed E-state index contributed by atoms with van der Waals surface area (Å²) in [7, 11) is 1.41. The fraction of sp³-hybridized carbons (Fsp3) is 0.500. The van der Waals surface area contributed by atoms with E-state index in [9.17, 15) is 14.4 Å². The molecule has 0 bridgehead atoms. The molecular weight excluding hydrogens is 196 g/mol. The van der Waals surface area contributed by atoms with E-state index < -0.39 is 6.04 Å². The van der Waals surface area contributed by atoms with Gasteiger partial charge in [-0.2, -0.15) is 0 Å². The average Bonchev–Trinajstić information content (AvgIpc) is 2.32. The minimum atomic E-state index is -0.703. The van der Waals surface area contributed by atoms with Crippen LogP contribution in [-0.4, -0.2) is 35.7 Å². The van der Waals surface area contributed by atoms with Gasteiger partial charge in [0.15, 0.2) is 0 Å². The Kier molecular flexibility index (Phi) is 3.24. The predicted molar refractivity (Wildman–Crippen MR) is 53.8 cm³/mol. The van der Waals surface area contributed by atoms with Gasteiger partial charge in [-0.15, -0.1) is 0 Å². The van der Waals surface area contributed by atoms with Crippen LogP contribution in [0.4, 0.5) is 0 Å². The summed E-state index contributed by atoms with van der Waals surface area (Å²) in [6.45, 7) is 3.57. The van der Waals surface area contributed by atoms with Crippen LogP contribution in [0.5, 0.6) is 0 Å². The lowest BCUT2D eigenvalue weighted by molar-refractivity contribution is -0.137. The highest BCUT2D eigenvalue weighted by Crippen LogP contribution is 2.10. The zero-order valence-corrected chi connectivity index (χ0v) is 9.03. The first-order chi connectivity index (χ1) is 6.91. The molecule has 82 valence electrons. The molecule has 0 saturated carbocycles. The van der Waals surface area contributed by atoms with E-state index in [0.717, 1.165) is 10.5 Å². The maximum atomic E-state index is 11.4. The van der Waals surface area contributed by atoms with Gasteiger partial charge in [0, 0.05) is 13.1 Å². The summed E-state index contributed by atoms with van der Waals surface area (Å²) in [6, 6.07) is -0.703. The number of carbonyl (C=O) groups excluding carboxylic acids is 3. The van der Waals surface area contributed by atoms with E-state index in [1.54, 1.807) is 13.8 Å². The van der Waals surface area contributed by atoms with Crippen molar-refractivity contribution < 1.29 is 14.4 Å². The molecule has 1 saturated heterocycles. The highest BCUT2D eigenvalue weighted by Gasteiger charge is 2.36. The molecule has 15 heavy (non-hydrogen) atoms. The van der Waals surface area contributed by atoms with Gasteiger partial charge in [-0.05, 0) is 13.8 Å². The quantitative estimate of drug-likeness (QED) is 0.508. The van der Waals surface area contributed by atoms with Gasteiger partial charge >= 0.3 is 0 Å². The molecule has 1 aliphatic rings. The number of likely N-dealkylation sites (N-methyl/N-ethyl adjacent to an activating group) is 1. The van der Waals surface area contributed by atoms with Crippen LogP contribution in [0.3, 0.4) is 0 Å². The van der Waals surface area contributed by atoms with E-state index in [1.165, 1.54) is 13.1 Å². The summed E-state index contributed by atoms with van der Waals surface area (Å²) in [5, 5.41) is 2.49. The van der Waals surface area contributed by atoms with Crippen LogP contribution in [0.1, 0.15) is 20.3 Å². The van der Waals surface area contributed by atoms with Gasteiger partial charge in [0.2, 0.25) is 11.8 Å². The molecule has 1 fully saturated rings. The van der Waals surface area contributed by atoms with Crippen LogP contribution in [0.2, 0.25) is 0 Å². The molecule has 1 atom stereocenters. The molecule has 0 aromatic carbocycles. The van der Waals surface area contributed by atoms with Crippen molar-refractivity contribution in [1.29, 1.82) is 0 Å². The summed E-state index contributed by atoms with van der Waals surface area (Å²) in [6.07, 6.45) is 1.45. The summed E-state index contributed by atoms with van der Waals surface area (Å²) < 4.78 is 0. The predicted octanol–water partition coefficient (Wildman–Crippen LogP) is -0.174. The number of likely N-dealkylation sites (tertiary alicyclic amines) is 1. The first-order valence-corrected chi connectivity index (χ1v) is 4.67. The Morgan fingerprint density at radius 3 is 2.47 bits per heavy atom. The summed E-state index contributed by atoms with van der Waals surface area (Å²) in [5.74, 6) is -0.950. The smallest absolute Gasteiger partial charge is 0.252 e. The van der Waals surface area contributed by atoms with Crippen LogP contribution < -0.4 is 5.32 Å². The number of nitrogens with zero attached hydrogens (tertiary/aromatic N) is 1. The maximum absolute atomic E-state index is 11.4. The van der Waals surface area contributed by atoms with Gasteiger partial charge in [0.05, 0.1) is 6.42 Å². The Labute approximate surface area is 88.1 Å². The summed E-state index contributed by atoms with van der Waals surface area (Å²) >= 11 is 0. The molecule has 1 unspecified atom stereocenters. The first kappa shape index (κ1) is 11.4. The Bertz CT molecular complexity index is 343. The van der Waals surface area contributed by atoms with Gasteiger partial charge in [-0.1, -0.05) is 5.57 Å². The molecule has 1 N–H and O–H groups in total. The van der Waals surface area contributed by atoms with E-state index in [0.29, 0.717) is 0 Å². The number of nitrogens with one attached hydrogen (secondary N) is 1. The lowest BCUT2D eigenvalue weighted by atomic mass is 10.2. The number of rotatable bonds is 2. The zero-order chi connectivity index (χ0) is 11.6. The van der Waals surface area contributed by atoms with Crippen LogP contribution in [0, 0.1) is 0 Å². The van der Waals surface area contributed by atoms with E-state index in [4.69, 9.17) is 0 Å². The van der Waals surface area contributed by atoms with Gasteiger partial charge in [-0.3, -0.25) is 19.3 Å². The molecule has 0 aromatic rings. The minimum absolute atomic E-state index is 0.0532. The van der Waals surface area contributed by atoms with Crippen molar-refractivity contribution in [2.24, 2.45) is 0 Å². The SMILES string of the molecule is CC(C)=CC(=O)NC1CC(=O)N(C)C1=O. The summed E-state index contributed by atoms with van der Waals surface area (Å²) in [4.78, 5) is 34.9. The van der Waals surface area contributed by atoms with Crippen molar-refractivity contribution in [2.45, 2.75) is 26.3 Å². The van der Waals surface area contributed by atoms with Crippen LogP contribution in [0.15, 0.2) is 11.6 Å². The van der Waals surface area contributed by atoms with Crippen molar-refractivity contribution in [1.82, 2.24) is 10.2 Å². The second-order valence-electron chi connectivity index (χ2n) is 3.78. The highest BCUT2D eigenvalue weighted by molar-refractivity contribution is 6.07. The van der Waals surface area contributed by atoms with E-state index in [1.807, 2.05) is 0 Å². The molecule has 0 aromatic heterocycles. The monoisotopic (exact) mass is 210 g/mol. The third-order valence-electron chi connectivity index (χ3n) is 2.12. The van der Waals surface area contributed by atoms with Gasteiger partial charge in [0.25, 0.3) is 5.91 Å². The first-order valence-electron chi connectivity index (χ1n) is 4.67. The number of hydrogen-bond acceptors (Lipinski definition) is 3. The third-order valence-corrected chi connectivity index (χ3v) is 2.12. The zero-order valence-electron chi connectivity index (χ0n) is 9.03. The van der Waals surface area contributed by atoms with Crippen molar-refractivity contribution in [3.8, 4) is 0 Å². The van der Waals surface area contributed by atoms with Crippen LogP contribution in [0.25, 0.3) is 0 Å². The van der Waals surface area contributed by atoms with E-state index in [-0.39, 0.29) is 24.1 Å². The van der Waals surface area contributed by atoms with Gasteiger partial charge < -0.3 is 5.32 Å². The van der Waals surface area contributed by atoms with Gasteiger partial charge in [-0.25, -0.2) is 0 Å². The minimum Gasteiger partial charge on any atom is -0.340 e. The largest absolute Gasteiger partial charge is 0.340 e. The summed E-state index contributed by atoms with van der Waals surface area (Å²) in [5.41, 5.74) is 0.845. The Morgan fingerprint density at radius 2 is 2.07 bits per heavy atom. The molecule has 0 spiro atoms. The van der Waals surface area contributed by atoms with Gasteiger partial charge in [0.1, 0.15) is 6.04 Å². The second kappa shape index (κ2) is 4.25. The highest BCUT2D eigenvalue weighted by atomic mass is 16.2. The molecule has 3 amide bonds. The molecule has 1 heterocycles. The topological polar surface area (TPSA) is 66.5 Å². The lowest BCUT2D eigenvalue weighted by Crippen LogP contribution is -2.39. The van der Waals surface area contributed by atoms with Crippen molar-refractivity contribution >= 4 is 17.7 Å². The number of carbonyl (C=O) groups is 3. The van der Waals surface area contributed by atoms with Crippen LogP contribution >= 0.6 is 0 Å². The number of allylic oxidation sites excluding steroid dienone is 1. The van der Waals surface area contributed by atoms with Crippen molar-refractivity contribution in [3.05, 3.63) is 11.6 Å². The number of imide groups is 1. The lowest BCUT2D eigenvalue weighted by Gasteiger charge is -2.09. The Morgan fingerprint density at radius 1 is 1.47 bits per heavy atom. The standard InChI is InChI=1S/C10H14N2O3/c1-6(2)4-8(13)11-7-5-9(14)12(3)10(7)15/h4,7H,5H2,1-3H3,(H,11,13). The Hall–Kier alpha value is -1.65. The average molecular weight is 210 g/mol. The van der Waals surface area contributed by atoms with Crippen LogP contribution in [-0.2, 0) is 14.4 Å². The molecule has 1 aliphatic heterocycles. The molecule has 5 heteroatoms. The fourth-order valence-electron chi connectivity index (χ4n) is 1.34. The molecule has 1 rings (SSSR count). The molecule has 5 nitrogen and oxygen atoms in total. The van der Waals surface area contributed by atoms with E-state index >= 15 is 0 Å². The molecule has 0 aliphatic carbocycles. The third kappa shape index (κ3) is 2.65. The van der Waals surface area contributed by atoms with Crippen molar-refractivity contribution in [3.63, 3.8) is 0 Å².